The zero-order valence-electron chi connectivity index (χ0n) is 11.8. The van der Waals surface area contributed by atoms with E-state index >= 15 is 0 Å². The highest BCUT2D eigenvalue weighted by Crippen LogP contribution is 2.32. The van der Waals surface area contributed by atoms with Crippen LogP contribution in [0.4, 0.5) is 0 Å². The summed E-state index contributed by atoms with van der Waals surface area (Å²) in [4.78, 5) is 12.4. The zero-order chi connectivity index (χ0) is 14.7. The van der Waals surface area contributed by atoms with Gasteiger partial charge in [0, 0.05) is 5.56 Å². The summed E-state index contributed by atoms with van der Waals surface area (Å²) in [6.45, 7) is 2.26. The van der Waals surface area contributed by atoms with Gasteiger partial charge >= 0.3 is 0 Å². The van der Waals surface area contributed by atoms with Gasteiger partial charge in [-0.1, -0.05) is 37.3 Å². The Hall–Kier alpha value is -2.49. The van der Waals surface area contributed by atoms with Gasteiger partial charge in [0.05, 0.1) is 6.04 Å². The number of carbonyl (C=O) groups excluding carboxylic acids is 1. The Kier molecular flexibility index (Phi) is 3.77. The number of amides is 1. The molecule has 0 radical (unpaired) electrons. The molecule has 0 aromatic heterocycles. The van der Waals surface area contributed by atoms with E-state index in [0.717, 1.165) is 12.0 Å². The number of carbonyl (C=O) groups is 1. The van der Waals surface area contributed by atoms with Crippen molar-refractivity contribution in [2.24, 2.45) is 0 Å². The molecule has 1 atom stereocenters. The average Bonchev–Trinajstić information content (AvgIpc) is 3.00. The third-order valence-electron chi connectivity index (χ3n) is 3.55. The SMILES string of the molecule is CC[C@H](NC(=O)c1ccc2c(c1)OCO2)c1ccccc1. The van der Waals surface area contributed by atoms with Crippen LogP contribution in [-0.2, 0) is 0 Å². The fourth-order valence-electron chi connectivity index (χ4n) is 2.39. The standard InChI is InChI=1S/C17H17NO3/c1-2-14(12-6-4-3-5-7-12)18-17(19)13-8-9-15-16(10-13)21-11-20-15/h3-10,14H,2,11H2,1H3,(H,18,19)/t14-/m0/s1. The van der Waals surface area contributed by atoms with E-state index < -0.39 is 0 Å². The van der Waals surface area contributed by atoms with E-state index in [2.05, 4.69) is 12.2 Å². The summed E-state index contributed by atoms with van der Waals surface area (Å²) in [6.07, 6.45) is 0.834. The summed E-state index contributed by atoms with van der Waals surface area (Å²) < 4.78 is 10.6. The number of fused-ring (bicyclic) bond motifs is 1. The predicted molar refractivity (Wildman–Crippen MR) is 79.5 cm³/mol. The van der Waals surface area contributed by atoms with Crippen LogP contribution in [0.2, 0.25) is 0 Å². The van der Waals surface area contributed by atoms with Gasteiger partial charge in [0.1, 0.15) is 0 Å². The van der Waals surface area contributed by atoms with Crippen LogP contribution in [0.25, 0.3) is 0 Å². The van der Waals surface area contributed by atoms with E-state index in [-0.39, 0.29) is 18.7 Å². The number of nitrogens with one attached hydrogen (secondary N) is 1. The van der Waals surface area contributed by atoms with E-state index in [1.807, 2.05) is 30.3 Å². The molecule has 2 aromatic rings. The third-order valence-corrected chi connectivity index (χ3v) is 3.55. The first-order valence-corrected chi connectivity index (χ1v) is 7.03. The molecule has 0 unspecified atom stereocenters. The largest absolute Gasteiger partial charge is 0.454 e. The van der Waals surface area contributed by atoms with Crippen molar-refractivity contribution in [1.82, 2.24) is 5.32 Å². The van der Waals surface area contributed by atoms with Crippen LogP contribution < -0.4 is 14.8 Å². The summed E-state index contributed by atoms with van der Waals surface area (Å²) in [5.74, 6) is 1.20. The van der Waals surface area contributed by atoms with Gasteiger partial charge in [-0.15, -0.1) is 0 Å². The van der Waals surface area contributed by atoms with Gasteiger partial charge in [-0.3, -0.25) is 4.79 Å². The van der Waals surface area contributed by atoms with Gasteiger partial charge < -0.3 is 14.8 Å². The maximum Gasteiger partial charge on any atom is 0.251 e. The van der Waals surface area contributed by atoms with E-state index in [0.29, 0.717) is 17.1 Å². The Morgan fingerprint density at radius 2 is 1.90 bits per heavy atom. The molecule has 0 spiro atoms. The predicted octanol–water partition coefficient (Wildman–Crippen LogP) is 3.30. The van der Waals surface area contributed by atoms with Gasteiger partial charge in [0.15, 0.2) is 11.5 Å². The molecule has 1 aliphatic heterocycles. The van der Waals surface area contributed by atoms with E-state index in [1.54, 1.807) is 18.2 Å². The van der Waals surface area contributed by atoms with Crippen LogP contribution in [-0.4, -0.2) is 12.7 Å². The van der Waals surface area contributed by atoms with Crippen molar-refractivity contribution < 1.29 is 14.3 Å². The molecule has 0 aliphatic carbocycles. The Labute approximate surface area is 123 Å². The summed E-state index contributed by atoms with van der Waals surface area (Å²) in [7, 11) is 0. The molecule has 108 valence electrons. The molecule has 0 saturated carbocycles. The normalized spacial score (nSPS) is 13.8. The van der Waals surface area contributed by atoms with Crippen LogP contribution in [0.3, 0.4) is 0 Å². The monoisotopic (exact) mass is 283 g/mol. The highest BCUT2D eigenvalue weighted by atomic mass is 16.7. The van der Waals surface area contributed by atoms with Gasteiger partial charge in [-0.25, -0.2) is 0 Å². The number of benzene rings is 2. The Balaban J connectivity index is 1.76. The first-order valence-electron chi connectivity index (χ1n) is 7.03. The third kappa shape index (κ3) is 2.84. The molecule has 3 rings (SSSR count). The maximum absolute atomic E-state index is 12.4. The van der Waals surface area contributed by atoms with Crippen LogP contribution >= 0.6 is 0 Å². The van der Waals surface area contributed by atoms with Crippen LogP contribution in [0.1, 0.15) is 35.3 Å². The first-order chi connectivity index (χ1) is 10.3. The lowest BCUT2D eigenvalue weighted by molar-refractivity contribution is 0.0935. The average molecular weight is 283 g/mol. The molecular formula is C17H17NO3. The lowest BCUT2D eigenvalue weighted by Gasteiger charge is -2.17. The number of hydrogen-bond donors (Lipinski definition) is 1. The highest BCUT2D eigenvalue weighted by Gasteiger charge is 2.18. The number of ether oxygens (including phenoxy) is 2. The molecule has 0 saturated heterocycles. The van der Waals surface area contributed by atoms with Gasteiger partial charge in [0.2, 0.25) is 6.79 Å². The van der Waals surface area contributed by atoms with Crippen LogP contribution in [0, 0.1) is 0 Å². The molecule has 1 amide bonds. The molecule has 4 nitrogen and oxygen atoms in total. The quantitative estimate of drug-likeness (QED) is 0.936. The van der Waals surface area contributed by atoms with Crippen molar-refractivity contribution in [2.45, 2.75) is 19.4 Å². The minimum absolute atomic E-state index is 0.00382. The van der Waals surface area contributed by atoms with Crippen molar-refractivity contribution >= 4 is 5.91 Å². The molecule has 1 heterocycles. The molecular weight excluding hydrogens is 266 g/mol. The molecule has 0 fully saturated rings. The molecule has 1 aliphatic rings. The Morgan fingerprint density at radius 1 is 1.14 bits per heavy atom. The van der Waals surface area contributed by atoms with Gasteiger partial charge in [0.25, 0.3) is 5.91 Å². The second kappa shape index (κ2) is 5.87. The molecule has 1 N–H and O–H groups in total. The summed E-state index contributed by atoms with van der Waals surface area (Å²) in [6, 6.07) is 15.2. The minimum Gasteiger partial charge on any atom is -0.454 e. The zero-order valence-corrected chi connectivity index (χ0v) is 11.8. The Bertz CT molecular complexity index is 640. The lowest BCUT2D eigenvalue weighted by Crippen LogP contribution is -2.28. The van der Waals surface area contributed by atoms with Crippen molar-refractivity contribution in [2.75, 3.05) is 6.79 Å². The lowest BCUT2D eigenvalue weighted by atomic mass is 10.0. The minimum atomic E-state index is -0.107. The summed E-state index contributed by atoms with van der Waals surface area (Å²) in [5, 5.41) is 3.06. The summed E-state index contributed by atoms with van der Waals surface area (Å²) in [5.41, 5.74) is 1.68. The van der Waals surface area contributed by atoms with Gasteiger partial charge in [-0.05, 0) is 30.2 Å². The fourth-order valence-corrected chi connectivity index (χ4v) is 2.39. The molecule has 0 bridgehead atoms. The molecule has 21 heavy (non-hydrogen) atoms. The second-order valence-corrected chi connectivity index (χ2v) is 4.91. The number of rotatable bonds is 4. The first kappa shape index (κ1) is 13.5. The fraction of sp³-hybridized carbons (Fsp3) is 0.235. The second-order valence-electron chi connectivity index (χ2n) is 4.91. The number of hydrogen-bond acceptors (Lipinski definition) is 3. The van der Waals surface area contributed by atoms with E-state index in [9.17, 15) is 4.79 Å². The molecule has 4 heteroatoms. The Morgan fingerprint density at radius 3 is 2.67 bits per heavy atom. The van der Waals surface area contributed by atoms with Crippen molar-refractivity contribution in [1.29, 1.82) is 0 Å². The smallest absolute Gasteiger partial charge is 0.251 e. The molecule has 2 aromatic carbocycles. The van der Waals surface area contributed by atoms with E-state index in [1.165, 1.54) is 0 Å². The van der Waals surface area contributed by atoms with Crippen molar-refractivity contribution in [3.63, 3.8) is 0 Å². The van der Waals surface area contributed by atoms with Crippen molar-refractivity contribution in [3.05, 3.63) is 59.7 Å². The van der Waals surface area contributed by atoms with Crippen LogP contribution in [0.15, 0.2) is 48.5 Å². The van der Waals surface area contributed by atoms with E-state index in [4.69, 9.17) is 9.47 Å². The highest BCUT2D eigenvalue weighted by molar-refractivity contribution is 5.95. The topological polar surface area (TPSA) is 47.6 Å². The van der Waals surface area contributed by atoms with Gasteiger partial charge in [-0.2, -0.15) is 0 Å². The maximum atomic E-state index is 12.4. The summed E-state index contributed by atoms with van der Waals surface area (Å²) >= 11 is 0. The van der Waals surface area contributed by atoms with Crippen LogP contribution in [0.5, 0.6) is 11.5 Å². The van der Waals surface area contributed by atoms with Crippen molar-refractivity contribution in [3.8, 4) is 11.5 Å².